The summed E-state index contributed by atoms with van der Waals surface area (Å²) >= 11 is 0. The lowest BCUT2D eigenvalue weighted by Crippen LogP contribution is -2.30. The highest BCUT2D eigenvalue weighted by atomic mass is 16.1. The second-order valence-electron chi connectivity index (χ2n) is 5.51. The van der Waals surface area contributed by atoms with E-state index < -0.39 is 0 Å². The van der Waals surface area contributed by atoms with Crippen LogP contribution < -0.4 is 5.32 Å². The maximum Gasteiger partial charge on any atom is 0.150 e. The number of benzene rings is 1. The normalized spacial score (nSPS) is 19.4. The lowest BCUT2D eigenvalue weighted by Gasteiger charge is -2.09. The van der Waals surface area contributed by atoms with Crippen LogP contribution in [0.25, 0.3) is 0 Å². The number of hydrogen-bond acceptors (Lipinski definition) is 2. The molecule has 0 aromatic heterocycles. The van der Waals surface area contributed by atoms with Gasteiger partial charge in [0.15, 0.2) is 0 Å². The topological polar surface area (TPSA) is 29.1 Å². The van der Waals surface area contributed by atoms with E-state index in [4.69, 9.17) is 0 Å². The van der Waals surface area contributed by atoms with Gasteiger partial charge in [0.25, 0.3) is 0 Å². The molecule has 1 aromatic rings. The van der Waals surface area contributed by atoms with Crippen LogP contribution in [0, 0.1) is 0 Å². The first kappa shape index (κ1) is 13.3. The van der Waals surface area contributed by atoms with Crippen LogP contribution in [0.4, 0.5) is 0 Å². The molecule has 0 aliphatic carbocycles. The minimum atomic E-state index is 0.125. The highest BCUT2D eigenvalue weighted by Gasteiger charge is 2.21. The van der Waals surface area contributed by atoms with Gasteiger partial charge < -0.3 is 5.32 Å². The van der Waals surface area contributed by atoms with Gasteiger partial charge in [-0.3, -0.25) is 4.79 Å². The number of nitrogens with one attached hydrogen (secondary N) is 1. The van der Waals surface area contributed by atoms with Crippen LogP contribution in [0.3, 0.4) is 0 Å². The summed E-state index contributed by atoms with van der Waals surface area (Å²) in [5.41, 5.74) is 2.63. The Kier molecular flexibility index (Phi) is 4.54. The lowest BCUT2D eigenvalue weighted by molar-refractivity contribution is -0.120. The quantitative estimate of drug-likeness (QED) is 0.864. The monoisotopic (exact) mass is 245 g/mol. The van der Waals surface area contributed by atoms with Crippen molar-refractivity contribution in [3.63, 3.8) is 0 Å². The van der Waals surface area contributed by atoms with E-state index in [9.17, 15) is 4.79 Å². The number of carbonyl (C=O) groups excluding carboxylic acids is 1. The van der Waals surface area contributed by atoms with Gasteiger partial charge in [-0.1, -0.05) is 38.1 Å². The SMILES string of the molecule is CC(C)c1ccc(CCC(=O)C2CCCN2)cc1. The van der Waals surface area contributed by atoms with Crippen LogP contribution in [0.5, 0.6) is 0 Å². The molecule has 1 heterocycles. The molecule has 0 amide bonds. The highest BCUT2D eigenvalue weighted by molar-refractivity contribution is 5.84. The van der Waals surface area contributed by atoms with Crippen molar-refractivity contribution in [2.75, 3.05) is 6.54 Å². The molecule has 2 rings (SSSR count). The fourth-order valence-corrected chi connectivity index (χ4v) is 2.47. The molecule has 0 bridgehead atoms. The van der Waals surface area contributed by atoms with Crippen LogP contribution in [-0.4, -0.2) is 18.4 Å². The molecule has 1 aliphatic rings. The van der Waals surface area contributed by atoms with Gasteiger partial charge in [0.2, 0.25) is 0 Å². The number of aryl methyl sites for hydroxylation is 1. The van der Waals surface area contributed by atoms with Gasteiger partial charge in [0, 0.05) is 6.42 Å². The fraction of sp³-hybridized carbons (Fsp3) is 0.562. The number of carbonyl (C=O) groups is 1. The van der Waals surface area contributed by atoms with Gasteiger partial charge in [0.05, 0.1) is 6.04 Å². The molecule has 0 spiro atoms. The van der Waals surface area contributed by atoms with E-state index in [0.717, 1.165) is 25.8 Å². The zero-order valence-electron chi connectivity index (χ0n) is 11.4. The summed E-state index contributed by atoms with van der Waals surface area (Å²) < 4.78 is 0. The van der Waals surface area contributed by atoms with Gasteiger partial charge in [0.1, 0.15) is 5.78 Å². The Bertz CT molecular complexity index is 388. The summed E-state index contributed by atoms with van der Waals surface area (Å²) in [6.45, 7) is 5.40. The molecule has 2 nitrogen and oxygen atoms in total. The summed E-state index contributed by atoms with van der Waals surface area (Å²) in [4.78, 5) is 11.9. The maximum atomic E-state index is 11.9. The molecular weight excluding hydrogens is 222 g/mol. The molecule has 98 valence electrons. The van der Waals surface area contributed by atoms with Gasteiger partial charge in [-0.25, -0.2) is 0 Å². The minimum absolute atomic E-state index is 0.125. The molecule has 1 atom stereocenters. The Morgan fingerprint density at radius 2 is 2.06 bits per heavy atom. The molecule has 1 fully saturated rings. The first-order valence-electron chi connectivity index (χ1n) is 7.02. The first-order chi connectivity index (χ1) is 8.66. The van der Waals surface area contributed by atoms with Crippen molar-refractivity contribution >= 4 is 5.78 Å². The van der Waals surface area contributed by atoms with Gasteiger partial charge in [-0.05, 0) is 42.9 Å². The van der Waals surface area contributed by atoms with E-state index in [2.05, 4.69) is 43.4 Å². The number of rotatable bonds is 5. The third-order valence-corrected chi connectivity index (χ3v) is 3.76. The Morgan fingerprint density at radius 1 is 1.33 bits per heavy atom. The third-order valence-electron chi connectivity index (χ3n) is 3.76. The Morgan fingerprint density at radius 3 is 2.61 bits per heavy atom. The highest BCUT2D eigenvalue weighted by Crippen LogP contribution is 2.16. The zero-order valence-corrected chi connectivity index (χ0v) is 11.4. The second-order valence-corrected chi connectivity index (χ2v) is 5.51. The predicted molar refractivity (Wildman–Crippen MR) is 74.9 cm³/mol. The smallest absolute Gasteiger partial charge is 0.150 e. The summed E-state index contributed by atoms with van der Waals surface area (Å²) in [6.07, 6.45) is 3.69. The first-order valence-corrected chi connectivity index (χ1v) is 7.02. The lowest BCUT2D eigenvalue weighted by atomic mass is 9.98. The largest absolute Gasteiger partial charge is 0.307 e. The summed E-state index contributed by atoms with van der Waals surface area (Å²) in [7, 11) is 0. The molecule has 1 unspecified atom stereocenters. The molecule has 0 saturated carbocycles. The maximum absolute atomic E-state index is 11.9. The van der Waals surface area contributed by atoms with Crippen molar-refractivity contribution in [2.45, 2.75) is 51.5 Å². The van der Waals surface area contributed by atoms with Gasteiger partial charge >= 0.3 is 0 Å². The van der Waals surface area contributed by atoms with Crippen LogP contribution >= 0.6 is 0 Å². The standard InChI is InChI=1S/C16H23NO/c1-12(2)14-8-5-13(6-9-14)7-10-16(18)15-4-3-11-17-15/h5-6,8-9,12,15,17H,3-4,7,10-11H2,1-2H3. The van der Waals surface area contributed by atoms with Crippen molar-refractivity contribution in [3.05, 3.63) is 35.4 Å². The van der Waals surface area contributed by atoms with Crippen molar-refractivity contribution in [1.82, 2.24) is 5.32 Å². The molecule has 1 aromatic carbocycles. The number of Topliss-reactive ketones (excluding diaryl/α,β-unsaturated/α-hetero) is 1. The third kappa shape index (κ3) is 3.42. The van der Waals surface area contributed by atoms with E-state index >= 15 is 0 Å². The fourth-order valence-electron chi connectivity index (χ4n) is 2.47. The molecule has 2 heteroatoms. The molecular formula is C16H23NO. The van der Waals surface area contributed by atoms with Gasteiger partial charge in [-0.2, -0.15) is 0 Å². The van der Waals surface area contributed by atoms with Crippen LogP contribution in [0.1, 0.15) is 50.2 Å². The second kappa shape index (κ2) is 6.14. The number of hydrogen-bond donors (Lipinski definition) is 1. The van der Waals surface area contributed by atoms with Crippen molar-refractivity contribution < 1.29 is 4.79 Å². The molecule has 18 heavy (non-hydrogen) atoms. The minimum Gasteiger partial charge on any atom is -0.307 e. The molecule has 1 saturated heterocycles. The van der Waals surface area contributed by atoms with Crippen LogP contribution in [-0.2, 0) is 11.2 Å². The zero-order chi connectivity index (χ0) is 13.0. The van der Waals surface area contributed by atoms with E-state index in [1.807, 2.05) is 0 Å². The summed E-state index contributed by atoms with van der Waals surface area (Å²) in [5, 5.41) is 3.27. The average molecular weight is 245 g/mol. The predicted octanol–water partition coefficient (Wildman–Crippen LogP) is 3.06. The van der Waals surface area contributed by atoms with E-state index in [1.165, 1.54) is 11.1 Å². The molecule has 1 N–H and O–H groups in total. The Balaban J connectivity index is 1.84. The van der Waals surface area contributed by atoms with Crippen LogP contribution in [0.2, 0.25) is 0 Å². The summed E-state index contributed by atoms with van der Waals surface area (Å²) in [5.74, 6) is 0.948. The van der Waals surface area contributed by atoms with Crippen molar-refractivity contribution in [2.24, 2.45) is 0 Å². The van der Waals surface area contributed by atoms with E-state index in [0.29, 0.717) is 18.1 Å². The molecule has 1 aliphatic heterocycles. The van der Waals surface area contributed by atoms with Gasteiger partial charge in [-0.15, -0.1) is 0 Å². The van der Waals surface area contributed by atoms with E-state index in [1.54, 1.807) is 0 Å². The Labute approximate surface area is 110 Å². The summed E-state index contributed by atoms with van der Waals surface area (Å²) in [6, 6.07) is 8.80. The van der Waals surface area contributed by atoms with Crippen LogP contribution in [0.15, 0.2) is 24.3 Å². The van der Waals surface area contributed by atoms with E-state index in [-0.39, 0.29) is 6.04 Å². The van der Waals surface area contributed by atoms with Crippen molar-refractivity contribution in [1.29, 1.82) is 0 Å². The number of ketones is 1. The molecule has 0 radical (unpaired) electrons. The average Bonchev–Trinajstić information content (AvgIpc) is 2.90. The van der Waals surface area contributed by atoms with Crippen molar-refractivity contribution in [3.8, 4) is 0 Å². The Hall–Kier alpha value is -1.15.